The largest absolute Gasteiger partial charge is 0.330 e. The molecule has 0 aromatic heterocycles. The van der Waals surface area contributed by atoms with Gasteiger partial charge in [0, 0.05) is 22.7 Å². The normalized spacial score (nSPS) is 14.0. The lowest BCUT2D eigenvalue weighted by atomic mass is 10.0. The van der Waals surface area contributed by atoms with Crippen LogP contribution in [0.2, 0.25) is 10.0 Å². The molecule has 0 saturated heterocycles. The monoisotopic (exact) mass is 462 g/mol. The van der Waals surface area contributed by atoms with Gasteiger partial charge in [-0.2, -0.15) is 0 Å². The van der Waals surface area contributed by atoms with Crippen LogP contribution in [-0.4, -0.2) is 5.88 Å². The topological polar surface area (TPSA) is 29.3 Å². The maximum absolute atomic E-state index is 6.40. The van der Waals surface area contributed by atoms with E-state index in [1.54, 1.807) is 0 Å². The minimum Gasteiger partial charge on any atom is -0.330 e. The number of anilines is 1. The first kappa shape index (κ1) is 20.5. The molecular formula is C26H20Cl2N2S. The average molecular weight is 463 g/mol. The highest BCUT2D eigenvalue weighted by Gasteiger charge is 2.27. The van der Waals surface area contributed by atoms with Crippen molar-refractivity contribution < 1.29 is 0 Å². The van der Waals surface area contributed by atoms with E-state index >= 15 is 0 Å². The summed E-state index contributed by atoms with van der Waals surface area (Å²) in [7, 11) is 0. The summed E-state index contributed by atoms with van der Waals surface area (Å²) in [4.78, 5) is 3.56. The summed E-state index contributed by atoms with van der Waals surface area (Å²) in [5.74, 6) is 0.819. The van der Waals surface area contributed by atoms with Gasteiger partial charge in [0.2, 0.25) is 0 Å². The molecule has 0 fully saturated rings. The van der Waals surface area contributed by atoms with E-state index in [1.165, 1.54) is 21.2 Å². The molecule has 1 heterocycles. The molecule has 31 heavy (non-hydrogen) atoms. The van der Waals surface area contributed by atoms with Crippen LogP contribution in [0.15, 0.2) is 84.9 Å². The first-order valence-electron chi connectivity index (χ1n) is 10.0. The lowest BCUT2D eigenvalue weighted by Crippen LogP contribution is -2.17. The van der Waals surface area contributed by atoms with Gasteiger partial charge in [0.05, 0.1) is 21.6 Å². The lowest BCUT2D eigenvalue weighted by molar-refractivity contribution is 1.07. The Morgan fingerprint density at radius 3 is 2.26 bits per heavy atom. The van der Waals surface area contributed by atoms with Crippen LogP contribution in [0.4, 0.5) is 5.69 Å². The fourth-order valence-electron chi connectivity index (χ4n) is 3.88. The van der Waals surface area contributed by atoms with Crippen LogP contribution in [-0.2, 0) is 6.54 Å². The zero-order valence-electron chi connectivity index (χ0n) is 16.7. The van der Waals surface area contributed by atoms with Crippen molar-refractivity contribution in [3.8, 4) is 0 Å². The first-order chi connectivity index (χ1) is 15.1. The van der Waals surface area contributed by atoms with Gasteiger partial charge >= 0.3 is 0 Å². The fourth-order valence-corrected chi connectivity index (χ4v) is 5.37. The number of hydrogen-bond acceptors (Lipinski definition) is 3. The Morgan fingerprint density at radius 2 is 1.52 bits per heavy atom. The van der Waals surface area contributed by atoms with Gasteiger partial charge in [-0.15, -0.1) is 11.8 Å². The number of nitrogens with two attached hydrogens (primary N) is 1. The highest BCUT2D eigenvalue weighted by Crippen LogP contribution is 2.47. The molecular weight excluding hydrogens is 443 g/mol. The summed E-state index contributed by atoms with van der Waals surface area (Å²) >= 11 is 14.5. The minimum absolute atomic E-state index is 0.535. The van der Waals surface area contributed by atoms with Crippen LogP contribution in [0, 0.1) is 0 Å². The Bertz CT molecular complexity index is 1300. The molecule has 1 aliphatic heterocycles. The summed E-state index contributed by atoms with van der Waals surface area (Å²) in [6.45, 7) is 0.535. The van der Waals surface area contributed by atoms with Crippen molar-refractivity contribution in [1.29, 1.82) is 0 Å². The second-order valence-electron chi connectivity index (χ2n) is 7.44. The summed E-state index contributed by atoms with van der Waals surface area (Å²) < 4.78 is 0. The maximum Gasteiger partial charge on any atom is 0.0736 e. The summed E-state index contributed by atoms with van der Waals surface area (Å²) in [6.07, 6.45) is 0. The van der Waals surface area contributed by atoms with Crippen LogP contribution in [0.3, 0.4) is 0 Å². The predicted molar refractivity (Wildman–Crippen MR) is 136 cm³/mol. The van der Waals surface area contributed by atoms with E-state index in [2.05, 4.69) is 71.6 Å². The van der Waals surface area contributed by atoms with E-state index in [-0.39, 0.29) is 0 Å². The van der Waals surface area contributed by atoms with Gasteiger partial charge in [0.15, 0.2) is 0 Å². The zero-order chi connectivity index (χ0) is 21.4. The van der Waals surface area contributed by atoms with E-state index < -0.39 is 0 Å². The fraction of sp³-hybridized carbons (Fsp3) is 0.0769. The van der Waals surface area contributed by atoms with Crippen molar-refractivity contribution in [3.63, 3.8) is 0 Å². The number of benzene rings is 4. The van der Waals surface area contributed by atoms with Crippen molar-refractivity contribution >= 4 is 62.0 Å². The molecule has 5 rings (SSSR count). The molecule has 0 spiro atoms. The maximum atomic E-state index is 6.40. The standard InChI is InChI=1S/C26H20Cl2N2S/c27-23-12-9-20(14-24(23)28)25-26(21-8-7-18-3-1-2-4-19(18)13-21)31-16-30(25)22-10-5-17(15-29)6-11-22/h1-14H,15-16,29H2. The molecule has 154 valence electrons. The number of fused-ring (bicyclic) bond motifs is 1. The highest BCUT2D eigenvalue weighted by atomic mass is 35.5. The molecule has 0 atom stereocenters. The van der Waals surface area contributed by atoms with Gasteiger partial charge in [-0.3, -0.25) is 0 Å². The van der Waals surface area contributed by atoms with Gasteiger partial charge in [-0.1, -0.05) is 77.8 Å². The van der Waals surface area contributed by atoms with Gasteiger partial charge in [0.1, 0.15) is 0 Å². The smallest absolute Gasteiger partial charge is 0.0736 e. The summed E-state index contributed by atoms with van der Waals surface area (Å²) in [6, 6.07) is 29.4. The molecule has 0 aliphatic carbocycles. The third-order valence-electron chi connectivity index (χ3n) is 5.51. The van der Waals surface area contributed by atoms with Crippen LogP contribution in [0.1, 0.15) is 16.7 Å². The molecule has 4 aromatic rings. The van der Waals surface area contributed by atoms with E-state index in [9.17, 15) is 0 Å². The van der Waals surface area contributed by atoms with Crippen LogP contribution >= 0.6 is 35.0 Å². The molecule has 5 heteroatoms. The number of rotatable bonds is 4. The predicted octanol–water partition coefficient (Wildman–Crippen LogP) is 7.64. The molecule has 0 unspecified atom stereocenters. The third-order valence-corrected chi connectivity index (χ3v) is 7.36. The molecule has 4 aromatic carbocycles. The number of nitrogens with zero attached hydrogens (tertiary/aromatic N) is 1. The molecule has 0 saturated carbocycles. The second-order valence-corrected chi connectivity index (χ2v) is 9.21. The number of thioether (sulfide) groups is 1. The SMILES string of the molecule is NCc1ccc(N2CSC(c3ccc4ccccc4c3)=C2c2ccc(Cl)c(Cl)c2)cc1. The third kappa shape index (κ3) is 3.95. The lowest BCUT2D eigenvalue weighted by Gasteiger charge is -2.23. The highest BCUT2D eigenvalue weighted by molar-refractivity contribution is 8.09. The van der Waals surface area contributed by atoms with Gasteiger partial charge < -0.3 is 10.6 Å². The minimum atomic E-state index is 0.535. The van der Waals surface area contributed by atoms with E-state index in [4.69, 9.17) is 28.9 Å². The van der Waals surface area contributed by atoms with Crippen LogP contribution < -0.4 is 10.6 Å². The molecule has 2 N–H and O–H groups in total. The average Bonchev–Trinajstić information content (AvgIpc) is 3.26. The molecule has 0 bridgehead atoms. The number of hydrogen-bond donors (Lipinski definition) is 1. The Kier molecular flexibility index (Phi) is 5.68. The van der Waals surface area contributed by atoms with E-state index in [0.717, 1.165) is 28.4 Å². The summed E-state index contributed by atoms with van der Waals surface area (Å²) in [5, 5.41) is 3.58. The molecule has 0 amide bonds. The second kappa shape index (κ2) is 8.60. The Morgan fingerprint density at radius 1 is 0.774 bits per heavy atom. The van der Waals surface area contributed by atoms with Crippen molar-refractivity contribution in [2.24, 2.45) is 5.73 Å². The molecule has 0 radical (unpaired) electrons. The van der Waals surface area contributed by atoms with Crippen molar-refractivity contribution in [1.82, 2.24) is 0 Å². The summed E-state index contributed by atoms with van der Waals surface area (Å²) in [5.41, 5.74) is 11.4. The van der Waals surface area contributed by atoms with Crippen molar-refractivity contribution in [3.05, 3.63) is 112 Å². The Hall–Kier alpha value is -2.43. The zero-order valence-corrected chi connectivity index (χ0v) is 19.0. The van der Waals surface area contributed by atoms with Crippen molar-refractivity contribution in [2.45, 2.75) is 6.54 Å². The number of halogens is 2. The first-order valence-corrected chi connectivity index (χ1v) is 11.8. The van der Waals surface area contributed by atoms with Gasteiger partial charge in [-0.25, -0.2) is 0 Å². The van der Waals surface area contributed by atoms with E-state index in [1.807, 2.05) is 30.0 Å². The van der Waals surface area contributed by atoms with Crippen molar-refractivity contribution in [2.75, 3.05) is 10.8 Å². The quantitative estimate of drug-likeness (QED) is 0.337. The Balaban J connectivity index is 1.68. The van der Waals surface area contributed by atoms with E-state index in [0.29, 0.717) is 16.6 Å². The van der Waals surface area contributed by atoms with Gasteiger partial charge in [-0.05, 0) is 52.2 Å². The molecule has 2 nitrogen and oxygen atoms in total. The van der Waals surface area contributed by atoms with Crippen LogP contribution in [0.5, 0.6) is 0 Å². The van der Waals surface area contributed by atoms with Crippen LogP contribution in [0.25, 0.3) is 21.4 Å². The van der Waals surface area contributed by atoms with Gasteiger partial charge in [0.25, 0.3) is 0 Å². The molecule has 1 aliphatic rings. The Labute approximate surface area is 196 Å².